The highest BCUT2D eigenvalue weighted by Gasteiger charge is 2.32. The van der Waals surface area contributed by atoms with E-state index in [4.69, 9.17) is 16.6 Å². The molecule has 0 spiro atoms. The summed E-state index contributed by atoms with van der Waals surface area (Å²) in [6.07, 6.45) is 3.87. The first-order chi connectivity index (χ1) is 15.2. The molecule has 9 heteroatoms. The molecule has 1 saturated heterocycles. The van der Waals surface area contributed by atoms with E-state index in [1.807, 2.05) is 29.2 Å². The number of carbonyl (C=O) groups excluding carboxylic acids is 1. The third kappa shape index (κ3) is 3.09. The maximum absolute atomic E-state index is 12.9. The number of carbonyl (C=O) groups is 1. The summed E-state index contributed by atoms with van der Waals surface area (Å²) in [7, 11) is 0. The molecule has 4 aromatic rings. The van der Waals surface area contributed by atoms with E-state index in [0.717, 1.165) is 41.2 Å². The van der Waals surface area contributed by atoms with Gasteiger partial charge in [0.15, 0.2) is 5.65 Å². The number of hydrogen-bond donors (Lipinski definition) is 0. The molecule has 0 radical (unpaired) electrons. The minimum atomic E-state index is -0.0858. The molecule has 31 heavy (non-hydrogen) atoms. The number of para-hydroxylation sites is 1. The van der Waals surface area contributed by atoms with Crippen molar-refractivity contribution < 1.29 is 4.79 Å². The van der Waals surface area contributed by atoms with Crippen molar-refractivity contribution in [3.8, 4) is 0 Å². The lowest BCUT2D eigenvalue weighted by Gasteiger charge is -2.35. The van der Waals surface area contributed by atoms with Crippen LogP contribution in [0.25, 0.3) is 16.6 Å². The molecule has 4 heterocycles. The van der Waals surface area contributed by atoms with Crippen LogP contribution in [0.3, 0.4) is 0 Å². The summed E-state index contributed by atoms with van der Waals surface area (Å²) in [4.78, 5) is 26.0. The monoisotopic (exact) mass is 433 g/mol. The molecule has 8 nitrogen and oxygen atoms in total. The maximum atomic E-state index is 12.9. The second kappa shape index (κ2) is 7.16. The Morgan fingerprint density at radius 2 is 1.81 bits per heavy atom. The van der Waals surface area contributed by atoms with Crippen molar-refractivity contribution in [1.82, 2.24) is 29.5 Å². The van der Waals surface area contributed by atoms with Crippen LogP contribution in [-0.4, -0.2) is 61.6 Å². The van der Waals surface area contributed by atoms with E-state index in [0.29, 0.717) is 37.7 Å². The number of halogens is 1. The molecule has 0 atom stereocenters. The quantitative estimate of drug-likeness (QED) is 0.462. The van der Waals surface area contributed by atoms with E-state index in [2.05, 4.69) is 24.5 Å². The number of pyridine rings is 1. The zero-order valence-corrected chi connectivity index (χ0v) is 17.5. The SMILES string of the molecule is O=C(c1cccnc1Cl)N1CCN(c2nc3ccccc3c3nnc(C4CC4)n23)CC1. The molecular formula is C22H20ClN7O. The van der Waals surface area contributed by atoms with E-state index in [9.17, 15) is 4.79 Å². The molecule has 1 aromatic carbocycles. The molecule has 6 rings (SSSR count). The van der Waals surface area contributed by atoms with Gasteiger partial charge in [-0.1, -0.05) is 23.7 Å². The standard InChI is InChI=1S/C22H20ClN7O/c23-18-16(5-3-9-24-18)21(31)28-10-12-29(13-11-28)22-25-17-6-2-1-4-15(17)20-27-26-19(30(20)22)14-7-8-14/h1-6,9,14H,7-8,10-13H2. The molecule has 2 fully saturated rings. The van der Waals surface area contributed by atoms with Crippen LogP contribution < -0.4 is 4.90 Å². The molecule has 0 bridgehead atoms. The Labute approximate surface area is 183 Å². The predicted molar refractivity (Wildman–Crippen MR) is 118 cm³/mol. The van der Waals surface area contributed by atoms with Crippen molar-refractivity contribution in [1.29, 1.82) is 0 Å². The van der Waals surface area contributed by atoms with Crippen molar-refractivity contribution >= 4 is 40.0 Å². The lowest BCUT2D eigenvalue weighted by Crippen LogP contribution is -2.49. The summed E-state index contributed by atoms with van der Waals surface area (Å²) in [5.41, 5.74) is 2.20. The van der Waals surface area contributed by atoms with Crippen molar-refractivity contribution in [3.05, 3.63) is 59.1 Å². The number of nitrogens with zero attached hydrogens (tertiary/aromatic N) is 7. The first kappa shape index (κ1) is 18.5. The van der Waals surface area contributed by atoms with Gasteiger partial charge in [0.1, 0.15) is 11.0 Å². The first-order valence-corrected chi connectivity index (χ1v) is 10.9. The molecule has 0 N–H and O–H groups in total. The van der Waals surface area contributed by atoms with Crippen molar-refractivity contribution in [2.24, 2.45) is 0 Å². The number of fused-ring (bicyclic) bond motifs is 3. The highest BCUT2D eigenvalue weighted by atomic mass is 35.5. The van der Waals surface area contributed by atoms with Crippen LogP contribution in [-0.2, 0) is 0 Å². The second-order valence-electron chi connectivity index (χ2n) is 8.04. The summed E-state index contributed by atoms with van der Waals surface area (Å²) >= 11 is 6.13. The Morgan fingerprint density at radius 1 is 1.00 bits per heavy atom. The van der Waals surface area contributed by atoms with Gasteiger partial charge < -0.3 is 9.80 Å². The number of hydrogen-bond acceptors (Lipinski definition) is 6. The lowest BCUT2D eigenvalue weighted by atomic mass is 10.2. The Balaban J connectivity index is 1.34. The zero-order valence-electron chi connectivity index (χ0n) is 16.8. The van der Waals surface area contributed by atoms with Crippen LogP contribution in [0.5, 0.6) is 0 Å². The van der Waals surface area contributed by atoms with Crippen molar-refractivity contribution in [2.45, 2.75) is 18.8 Å². The van der Waals surface area contributed by atoms with Crippen LogP contribution in [0.2, 0.25) is 5.15 Å². The molecule has 2 aliphatic rings. The Kier molecular flexibility index (Phi) is 4.27. The van der Waals surface area contributed by atoms with Gasteiger partial charge in [-0.3, -0.25) is 4.79 Å². The van der Waals surface area contributed by atoms with Crippen LogP contribution >= 0.6 is 11.6 Å². The van der Waals surface area contributed by atoms with E-state index in [1.54, 1.807) is 18.3 Å². The van der Waals surface area contributed by atoms with Gasteiger partial charge in [0.2, 0.25) is 5.95 Å². The maximum Gasteiger partial charge on any atom is 0.257 e. The number of aromatic nitrogens is 5. The molecule has 1 aliphatic heterocycles. The molecule has 1 amide bonds. The van der Waals surface area contributed by atoms with Crippen LogP contribution in [0.15, 0.2) is 42.6 Å². The fraction of sp³-hybridized carbons (Fsp3) is 0.318. The predicted octanol–water partition coefficient (Wildman–Crippen LogP) is 3.17. The zero-order chi connectivity index (χ0) is 20.9. The van der Waals surface area contributed by atoms with Gasteiger partial charge in [-0.2, -0.15) is 0 Å². The number of amides is 1. The van der Waals surface area contributed by atoms with Gasteiger partial charge in [0.05, 0.1) is 11.1 Å². The molecule has 1 saturated carbocycles. The average molecular weight is 434 g/mol. The molecule has 0 unspecified atom stereocenters. The number of benzene rings is 1. The van der Waals surface area contributed by atoms with Crippen molar-refractivity contribution in [2.75, 3.05) is 31.1 Å². The fourth-order valence-corrected chi connectivity index (χ4v) is 4.43. The normalized spacial score (nSPS) is 16.9. The van der Waals surface area contributed by atoms with Gasteiger partial charge in [-0.15, -0.1) is 10.2 Å². The third-order valence-corrected chi connectivity index (χ3v) is 6.34. The third-order valence-electron chi connectivity index (χ3n) is 6.04. The van der Waals surface area contributed by atoms with Gasteiger partial charge in [0, 0.05) is 43.7 Å². The van der Waals surface area contributed by atoms with Gasteiger partial charge in [-0.05, 0) is 37.1 Å². The van der Waals surface area contributed by atoms with E-state index in [-0.39, 0.29) is 11.1 Å². The van der Waals surface area contributed by atoms with Crippen molar-refractivity contribution in [3.63, 3.8) is 0 Å². The minimum Gasteiger partial charge on any atom is -0.338 e. The van der Waals surface area contributed by atoms with Crippen LogP contribution in [0.4, 0.5) is 5.95 Å². The molecule has 3 aromatic heterocycles. The highest BCUT2D eigenvalue weighted by Crippen LogP contribution is 2.40. The van der Waals surface area contributed by atoms with Gasteiger partial charge in [-0.25, -0.2) is 14.4 Å². The first-order valence-electron chi connectivity index (χ1n) is 10.5. The Bertz CT molecular complexity index is 1310. The summed E-state index contributed by atoms with van der Waals surface area (Å²) in [5, 5.41) is 10.3. The van der Waals surface area contributed by atoms with Crippen LogP contribution in [0.1, 0.15) is 34.9 Å². The summed E-state index contributed by atoms with van der Waals surface area (Å²) in [6, 6.07) is 11.5. The summed E-state index contributed by atoms with van der Waals surface area (Å²) in [5.74, 6) is 2.21. The Morgan fingerprint density at radius 3 is 2.58 bits per heavy atom. The smallest absolute Gasteiger partial charge is 0.257 e. The number of anilines is 1. The summed E-state index contributed by atoms with van der Waals surface area (Å²) < 4.78 is 2.12. The highest BCUT2D eigenvalue weighted by molar-refractivity contribution is 6.32. The van der Waals surface area contributed by atoms with E-state index in [1.165, 1.54) is 0 Å². The number of rotatable bonds is 3. The average Bonchev–Trinajstić information content (AvgIpc) is 3.56. The largest absolute Gasteiger partial charge is 0.338 e. The van der Waals surface area contributed by atoms with E-state index >= 15 is 0 Å². The molecular weight excluding hydrogens is 414 g/mol. The lowest BCUT2D eigenvalue weighted by molar-refractivity contribution is 0.0746. The molecule has 1 aliphatic carbocycles. The summed E-state index contributed by atoms with van der Waals surface area (Å²) in [6.45, 7) is 2.51. The minimum absolute atomic E-state index is 0.0858. The van der Waals surface area contributed by atoms with Crippen LogP contribution in [0, 0.1) is 0 Å². The van der Waals surface area contributed by atoms with Gasteiger partial charge >= 0.3 is 0 Å². The molecule has 156 valence electrons. The second-order valence-corrected chi connectivity index (χ2v) is 8.40. The van der Waals surface area contributed by atoms with E-state index < -0.39 is 0 Å². The Hall–Kier alpha value is -3.26. The number of piperazine rings is 1. The topological polar surface area (TPSA) is 79.5 Å². The van der Waals surface area contributed by atoms with Gasteiger partial charge in [0.25, 0.3) is 5.91 Å². The fourth-order valence-electron chi connectivity index (χ4n) is 4.23.